The third-order valence-corrected chi connectivity index (χ3v) is 4.35. The zero-order valence-corrected chi connectivity index (χ0v) is 12.3. The number of nitrogens with zero attached hydrogens (tertiary/aromatic N) is 3. The Labute approximate surface area is 120 Å². The van der Waals surface area contributed by atoms with Crippen LogP contribution in [-0.2, 0) is 9.59 Å². The molecule has 2 aliphatic rings. The van der Waals surface area contributed by atoms with Crippen molar-refractivity contribution in [2.45, 2.75) is 32.2 Å². The lowest BCUT2D eigenvalue weighted by molar-refractivity contribution is -0.142. The molecule has 1 amide bonds. The van der Waals surface area contributed by atoms with E-state index in [0.29, 0.717) is 6.54 Å². The molecule has 2 rings (SSSR count). The van der Waals surface area contributed by atoms with Crippen LogP contribution >= 0.6 is 0 Å². The van der Waals surface area contributed by atoms with E-state index in [1.807, 2.05) is 9.80 Å². The number of carboxylic acid groups (broad SMARTS) is 1. The minimum atomic E-state index is -0.772. The molecule has 0 aromatic rings. The van der Waals surface area contributed by atoms with Gasteiger partial charge in [-0.05, 0) is 32.7 Å². The van der Waals surface area contributed by atoms with E-state index in [2.05, 4.69) is 4.90 Å². The highest BCUT2D eigenvalue weighted by atomic mass is 16.4. The van der Waals surface area contributed by atoms with E-state index in [1.54, 1.807) is 6.92 Å². The topological polar surface area (TPSA) is 64.1 Å². The number of hydrogen-bond acceptors (Lipinski definition) is 4. The van der Waals surface area contributed by atoms with Gasteiger partial charge in [-0.3, -0.25) is 19.4 Å². The highest BCUT2D eigenvalue weighted by Gasteiger charge is 2.25. The normalized spacial score (nSPS) is 23.6. The number of carbonyl (C=O) groups is 2. The first kappa shape index (κ1) is 15.3. The fraction of sp³-hybridized carbons (Fsp3) is 0.857. The molecule has 1 unspecified atom stereocenters. The first-order valence-corrected chi connectivity index (χ1v) is 7.55. The zero-order valence-electron chi connectivity index (χ0n) is 12.3. The van der Waals surface area contributed by atoms with Gasteiger partial charge in [-0.15, -0.1) is 0 Å². The second kappa shape index (κ2) is 7.04. The maximum Gasteiger partial charge on any atom is 0.320 e. The quantitative estimate of drug-likeness (QED) is 0.792. The summed E-state index contributed by atoms with van der Waals surface area (Å²) in [5, 5.41) is 9.06. The predicted molar refractivity (Wildman–Crippen MR) is 75.5 cm³/mol. The highest BCUT2D eigenvalue weighted by molar-refractivity contribution is 5.78. The molecule has 0 aliphatic carbocycles. The molecule has 2 fully saturated rings. The number of rotatable bonds is 4. The van der Waals surface area contributed by atoms with Gasteiger partial charge in [-0.25, -0.2) is 0 Å². The number of likely N-dealkylation sites (tertiary alicyclic amines) is 1. The molecular formula is C14H25N3O3. The first-order chi connectivity index (χ1) is 9.58. The van der Waals surface area contributed by atoms with Crippen molar-refractivity contribution in [3.8, 4) is 0 Å². The summed E-state index contributed by atoms with van der Waals surface area (Å²) < 4.78 is 0. The van der Waals surface area contributed by atoms with Gasteiger partial charge in [0.1, 0.15) is 6.04 Å². The maximum atomic E-state index is 12.1. The maximum absolute atomic E-state index is 12.1. The molecule has 0 spiro atoms. The molecule has 114 valence electrons. The van der Waals surface area contributed by atoms with Gasteiger partial charge in [0.25, 0.3) is 0 Å². The van der Waals surface area contributed by atoms with Crippen molar-refractivity contribution in [1.82, 2.24) is 14.7 Å². The molecule has 1 N–H and O–H groups in total. The van der Waals surface area contributed by atoms with Crippen LogP contribution in [0.15, 0.2) is 0 Å². The van der Waals surface area contributed by atoms with E-state index in [0.717, 1.165) is 58.5 Å². The van der Waals surface area contributed by atoms with Crippen LogP contribution in [0.1, 0.15) is 26.2 Å². The molecule has 1 atom stereocenters. The van der Waals surface area contributed by atoms with E-state index >= 15 is 0 Å². The lowest BCUT2D eigenvalue weighted by Crippen LogP contribution is -2.43. The zero-order chi connectivity index (χ0) is 14.5. The van der Waals surface area contributed by atoms with Crippen LogP contribution in [0.2, 0.25) is 0 Å². The van der Waals surface area contributed by atoms with E-state index < -0.39 is 12.0 Å². The largest absolute Gasteiger partial charge is 0.480 e. The van der Waals surface area contributed by atoms with Crippen LogP contribution in [0.3, 0.4) is 0 Å². The van der Waals surface area contributed by atoms with Crippen LogP contribution in [0, 0.1) is 0 Å². The third kappa shape index (κ3) is 3.93. The first-order valence-electron chi connectivity index (χ1n) is 7.55. The fourth-order valence-corrected chi connectivity index (χ4v) is 2.95. The van der Waals surface area contributed by atoms with Gasteiger partial charge in [-0.1, -0.05) is 0 Å². The Kier molecular flexibility index (Phi) is 5.37. The Bertz CT molecular complexity index is 356. The second-order valence-corrected chi connectivity index (χ2v) is 5.77. The van der Waals surface area contributed by atoms with Crippen LogP contribution in [0.5, 0.6) is 0 Å². The molecule has 0 bridgehead atoms. The molecule has 2 aliphatic heterocycles. The summed E-state index contributed by atoms with van der Waals surface area (Å²) in [5.41, 5.74) is 0. The molecule has 2 heterocycles. The average molecular weight is 283 g/mol. The van der Waals surface area contributed by atoms with Crippen molar-refractivity contribution in [3.05, 3.63) is 0 Å². The molecule has 0 radical (unpaired) electrons. The van der Waals surface area contributed by atoms with E-state index in [1.165, 1.54) is 0 Å². The molecule has 6 nitrogen and oxygen atoms in total. The summed E-state index contributed by atoms with van der Waals surface area (Å²) in [4.78, 5) is 29.3. The Morgan fingerprint density at radius 2 is 1.70 bits per heavy atom. The van der Waals surface area contributed by atoms with E-state index in [4.69, 9.17) is 5.11 Å². The molecule has 2 saturated heterocycles. The van der Waals surface area contributed by atoms with Crippen molar-refractivity contribution in [1.29, 1.82) is 0 Å². The average Bonchev–Trinajstić information content (AvgIpc) is 2.86. The number of aliphatic carboxylic acids is 1. The molecule has 20 heavy (non-hydrogen) atoms. The molecule has 0 aromatic carbocycles. The summed E-state index contributed by atoms with van der Waals surface area (Å²) in [6.45, 7) is 7.18. The number of carboxylic acids is 1. The van der Waals surface area contributed by atoms with Crippen LogP contribution < -0.4 is 0 Å². The van der Waals surface area contributed by atoms with Gasteiger partial charge < -0.3 is 10.0 Å². The number of carbonyl (C=O) groups excluding carboxylic acids is 1. The minimum absolute atomic E-state index is 0.224. The monoisotopic (exact) mass is 283 g/mol. The lowest BCUT2D eigenvalue weighted by atomic mass is 10.2. The predicted octanol–water partition coefficient (Wildman–Crippen LogP) is 0.0896. The second-order valence-electron chi connectivity index (χ2n) is 5.77. The molecule has 0 aromatic heterocycles. The Hall–Kier alpha value is -1.14. The fourth-order valence-electron chi connectivity index (χ4n) is 2.95. The van der Waals surface area contributed by atoms with Crippen LogP contribution in [-0.4, -0.2) is 83.5 Å². The van der Waals surface area contributed by atoms with Crippen molar-refractivity contribution in [3.63, 3.8) is 0 Å². The summed E-state index contributed by atoms with van der Waals surface area (Å²) in [6.07, 6.45) is 3.16. The summed E-state index contributed by atoms with van der Waals surface area (Å²) >= 11 is 0. The lowest BCUT2D eigenvalue weighted by Gasteiger charge is -2.25. The summed E-state index contributed by atoms with van der Waals surface area (Å²) in [7, 11) is 0. The van der Waals surface area contributed by atoms with Gasteiger partial charge in [-0.2, -0.15) is 0 Å². The Morgan fingerprint density at radius 1 is 1.00 bits per heavy atom. The van der Waals surface area contributed by atoms with Gasteiger partial charge in [0.2, 0.25) is 5.91 Å². The van der Waals surface area contributed by atoms with E-state index in [9.17, 15) is 9.59 Å². The smallest absolute Gasteiger partial charge is 0.320 e. The van der Waals surface area contributed by atoms with Crippen molar-refractivity contribution in [2.24, 2.45) is 0 Å². The van der Waals surface area contributed by atoms with E-state index in [-0.39, 0.29) is 5.91 Å². The molecular weight excluding hydrogens is 258 g/mol. The summed E-state index contributed by atoms with van der Waals surface area (Å²) in [5.74, 6) is -0.547. The van der Waals surface area contributed by atoms with Crippen LogP contribution in [0.25, 0.3) is 0 Å². The number of hydrogen-bond donors (Lipinski definition) is 1. The van der Waals surface area contributed by atoms with Gasteiger partial charge >= 0.3 is 5.97 Å². The minimum Gasteiger partial charge on any atom is -0.480 e. The van der Waals surface area contributed by atoms with Gasteiger partial charge in [0, 0.05) is 32.7 Å². The van der Waals surface area contributed by atoms with Crippen molar-refractivity contribution < 1.29 is 14.7 Å². The molecule has 6 heteroatoms. The molecule has 0 saturated carbocycles. The Morgan fingerprint density at radius 3 is 2.35 bits per heavy atom. The SMILES string of the molecule is CC(C(=O)O)N1CCCN(CC(=O)N2CCCC2)CC1. The highest BCUT2D eigenvalue weighted by Crippen LogP contribution is 2.10. The number of amides is 1. The third-order valence-electron chi connectivity index (χ3n) is 4.35. The van der Waals surface area contributed by atoms with Gasteiger partial charge in [0.15, 0.2) is 0 Å². The Balaban J connectivity index is 1.80. The van der Waals surface area contributed by atoms with Gasteiger partial charge in [0.05, 0.1) is 6.54 Å². The van der Waals surface area contributed by atoms with Crippen LogP contribution in [0.4, 0.5) is 0 Å². The summed E-state index contributed by atoms with van der Waals surface area (Å²) in [6, 6.07) is -0.441. The van der Waals surface area contributed by atoms with Crippen molar-refractivity contribution in [2.75, 3.05) is 45.8 Å². The standard InChI is InChI=1S/C14H25N3O3/c1-12(14(19)20)16-8-4-5-15(9-10-16)11-13(18)17-6-2-3-7-17/h12H,2-11H2,1H3,(H,19,20). The van der Waals surface area contributed by atoms with Crippen molar-refractivity contribution >= 4 is 11.9 Å².